The Kier molecular flexibility index (Phi) is 3.76. The largest absolute Gasteiger partial charge is 0.416 e. The molecule has 0 amide bonds. The summed E-state index contributed by atoms with van der Waals surface area (Å²) in [5, 5.41) is 0. The van der Waals surface area contributed by atoms with Gasteiger partial charge in [-0.1, -0.05) is 0 Å². The second-order valence-electron chi connectivity index (χ2n) is 4.15. The standard InChI is InChI=1S/C14H6F6O/c15-10-4-2-8(14(18,19)20)6-9(10)13(21)7-1-3-11(16)12(17)5-7/h1-6H. The Labute approximate surface area is 114 Å². The summed E-state index contributed by atoms with van der Waals surface area (Å²) in [6.45, 7) is 0. The second-order valence-corrected chi connectivity index (χ2v) is 4.15. The summed E-state index contributed by atoms with van der Waals surface area (Å²) < 4.78 is 76.9. The van der Waals surface area contributed by atoms with Crippen molar-refractivity contribution in [3.63, 3.8) is 0 Å². The van der Waals surface area contributed by atoms with E-state index in [0.717, 1.165) is 6.07 Å². The number of carbonyl (C=O) groups excluding carboxylic acids is 1. The van der Waals surface area contributed by atoms with Crippen LogP contribution in [0, 0.1) is 17.5 Å². The van der Waals surface area contributed by atoms with Gasteiger partial charge in [-0.2, -0.15) is 13.2 Å². The molecular weight excluding hydrogens is 298 g/mol. The topological polar surface area (TPSA) is 17.1 Å². The molecule has 0 spiro atoms. The summed E-state index contributed by atoms with van der Waals surface area (Å²) in [6, 6.07) is 3.30. The van der Waals surface area contributed by atoms with Crippen LogP contribution in [0.1, 0.15) is 21.5 Å². The second kappa shape index (κ2) is 5.23. The van der Waals surface area contributed by atoms with Gasteiger partial charge < -0.3 is 0 Å². The van der Waals surface area contributed by atoms with Gasteiger partial charge in [0.2, 0.25) is 0 Å². The van der Waals surface area contributed by atoms with E-state index in [9.17, 15) is 31.1 Å². The fourth-order valence-electron chi connectivity index (χ4n) is 1.67. The predicted octanol–water partition coefficient (Wildman–Crippen LogP) is 4.35. The van der Waals surface area contributed by atoms with Crippen LogP contribution in [0.5, 0.6) is 0 Å². The maximum Gasteiger partial charge on any atom is 0.416 e. The van der Waals surface area contributed by atoms with E-state index in [4.69, 9.17) is 0 Å². The van der Waals surface area contributed by atoms with Crippen molar-refractivity contribution in [1.82, 2.24) is 0 Å². The number of carbonyl (C=O) groups is 1. The fourth-order valence-corrected chi connectivity index (χ4v) is 1.67. The highest BCUT2D eigenvalue weighted by Gasteiger charge is 2.32. The van der Waals surface area contributed by atoms with Crippen LogP contribution < -0.4 is 0 Å². The smallest absolute Gasteiger partial charge is 0.288 e. The third kappa shape index (κ3) is 3.07. The van der Waals surface area contributed by atoms with Crippen LogP contribution in [0.4, 0.5) is 26.3 Å². The Morgan fingerprint density at radius 3 is 2.00 bits per heavy atom. The first-order chi connectivity index (χ1) is 9.70. The van der Waals surface area contributed by atoms with E-state index in [1.54, 1.807) is 0 Å². The predicted molar refractivity (Wildman–Crippen MR) is 61.2 cm³/mol. The van der Waals surface area contributed by atoms with E-state index in [0.29, 0.717) is 30.3 Å². The molecule has 0 saturated heterocycles. The van der Waals surface area contributed by atoms with Gasteiger partial charge in [-0.3, -0.25) is 4.79 Å². The normalized spacial score (nSPS) is 11.5. The van der Waals surface area contributed by atoms with Gasteiger partial charge in [0.05, 0.1) is 11.1 Å². The van der Waals surface area contributed by atoms with Crippen molar-refractivity contribution >= 4 is 5.78 Å². The number of halogens is 6. The molecule has 110 valence electrons. The summed E-state index contributed by atoms with van der Waals surface area (Å²) >= 11 is 0. The Hall–Kier alpha value is -2.31. The Morgan fingerprint density at radius 2 is 1.43 bits per heavy atom. The van der Waals surface area contributed by atoms with Crippen molar-refractivity contribution in [2.24, 2.45) is 0 Å². The van der Waals surface area contributed by atoms with E-state index in [1.165, 1.54) is 0 Å². The summed E-state index contributed by atoms with van der Waals surface area (Å²) in [4.78, 5) is 11.9. The van der Waals surface area contributed by atoms with Gasteiger partial charge >= 0.3 is 6.18 Å². The first kappa shape index (κ1) is 15.1. The van der Waals surface area contributed by atoms with Gasteiger partial charge in [0, 0.05) is 5.56 Å². The molecule has 2 aromatic rings. The molecule has 0 atom stereocenters. The molecule has 0 radical (unpaired) electrons. The van der Waals surface area contributed by atoms with Crippen molar-refractivity contribution in [1.29, 1.82) is 0 Å². The molecule has 0 aliphatic rings. The highest BCUT2D eigenvalue weighted by molar-refractivity contribution is 6.09. The maximum absolute atomic E-state index is 13.5. The first-order valence-electron chi connectivity index (χ1n) is 5.56. The Balaban J connectivity index is 2.50. The molecule has 0 saturated carbocycles. The van der Waals surface area contributed by atoms with Crippen molar-refractivity contribution in [3.05, 3.63) is 70.5 Å². The van der Waals surface area contributed by atoms with E-state index in [1.807, 2.05) is 0 Å². The molecule has 0 fully saturated rings. The molecule has 1 nitrogen and oxygen atoms in total. The van der Waals surface area contributed by atoms with Gasteiger partial charge in [0.1, 0.15) is 5.82 Å². The number of hydrogen-bond acceptors (Lipinski definition) is 1. The summed E-state index contributed by atoms with van der Waals surface area (Å²) in [5.41, 5.74) is -2.53. The lowest BCUT2D eigenvalue weighted by Gasteiger charge is -2.09. The van der Waals surface area contributed by atoms with Gasteiger partial charge in [-0.25, -0.2) is 13.2 Å². The molecule has 21 heavy (non-hydrogen) atoms. The highest BCUT2D eigenvalue weighted by Crippen LogP contribution is 2.31. The lowest BCUT2D eigenvalue weighted by Crippen LogP contribution is -2.10. The maximum atomic E-state index is 13.5. The zero-order chi connectivity index (χ0) is 15.8. The summed E-state index contributed by atoms with van der Waals surface area (Å²) in [5.74, 6) is -4.93. The van der Waals surface area contributed by atoms with Crippen molar-refractivity contribution < 1.29 is 31.1 Å². The minimum Gasteiger partial charge on any atom is -0.288 e. The molecule has 0 unspecified atom stereocenters. The zero-order valence-electron chi connectivity index (χ0n) is 10.1. The lowest BCUT2D eigenvalue weighted by molar-refractivity contribution is -0.137. The monoisotopic (exact) mass is 304 g/mol. The van der Waals surface area contributed by atoms with Crippen molar-refractivity contribution in [3.8, 4) is 0 Å². The van der Waals surface area contributed by atoms with Crippen LogP contribution in [0.25, 0.3) is 0 Å². The molecule has 2 aromatic carbocycles. The average Bonchev–Trinajstić information content (AvgIpc) is 2.40. The molecule has 7 heteroatoms. The van der Waals surface area contributed by atoms with Crippen molar-refractivity contribution in [2.45, 2.75) is 6.18 Å². The van der Waals surface area contributed by atoms with Crippen LogP contribution >= 0.6 is 0 Å². The molecule has 0 aromatic heterocycles. The number of alkyl halides is 3. The van der Waals surface area contributed by atoms with Crippen LogP contribution in [0.2, 0.25) is 0 Å². The molecule has 0 heterocycles. The number of benzene rings is 2. The first-order valence-corrected chi connectivity index (χ1v) is 5.56. The minimum absolute atomic E-state index is 0.332. The Bertz CT molecular complexity index is 705. The summed E-state index contributed by atoms with van der Waals surface area (Å²) in [6.07, 6.45) is -4.75. The fraction of sp³-hybridized carbons (Fsp3) is 0.0714. The van der Waals surface area contributed by atoms with Crippen molar-refractivity contribution in [2.75, 3.05) is 0 Å². The van der Waals surface area contributed by atoms with Gasteiger partial charge in [-0.05, 0) is 36.4 Å². The minimum atomic E-state index is -4.75. The molecule has 0 aliphatic carbocycles. The Morgan fingerprint density at radius 1 is 0.810 bits per heavy atom. The van der Waals surface area contributed by atoms with Gasteiger partial charge in [0.25, 0.3) is 0 Å². The third-order valence-corrected chi connectivity index (χ3v) is 2.72. The number of rotatable bonds is 2. The quantitative estimate of drug-likeness (QED) is 0.595. The average molecular weight is 304 g/mol. The molecule has 0 bridgehead atoms. The van der Waals surface area contributed by atoms with E-state index >= 15 is 0 Å². The molecule has 2 rings (SSSR count). The van der Waals surface area contributed by atoms with Gasteiger partial charge in [0.15, 0.2) is 17.4 Å². The third-order valence-electron chi connectivity index (χ3n) is 2.72. The van der Waals surface area contributed by atoms with E-state index in [-0.39, 0.29) is 0 Å². The zero-order valence-corrected chi connectivity index (χ0v) is 10.1. The highest BCUT2D eigenvalue weighted by atomic mass is 19.4. The lowest BCUT2D eigenvalue weighted by atomic mass is 10.0. The van der Waals surface area contributed by atoms with Crippen LogP contribution in [-0.4, -0.2) is 5.78 Å². The SMILES string of the molecule is O=C(c1ccc(F)c(F)c1)c1cc(C(F)(F)F)ccc1F. The molecule has 0 aliphatic heterocycles. The van der Waals surface area contributed by atoms with Crippen LogP contribution in [-0.2, 0) is 6.18 Å². The number of hydrogen-bond donors (Lipinski definition) is 0. The van der Waals surface area contributed by atoms with Crippen LogP contribution in [0.3, 0.4) is 0 Å². The summed E-state index contributed by atoms with van der Waals surface area (Å²) in [7, 11) is 0. The van der Waals surface area contributed by atoms with Gasteiger partial charge in [-0.15, -0.1) is 0 Å². The van der Waals surface area contributed by atoms with Crippen LogP contribution in [0.15, 0.2) is 36.4 Å². The number of ketones is 1. The molecule has 0 N–H and O–H groups in total. The molecular formula is C14H6F6O. The van der Waals surface area contributed by atoms with E-state index in [2.05, 4.69) is 0 Å². The van der Waals surface area contributed by atoms with E-state index < -0.39 is 46.1 Å².